The Labute approximate surface area is 117 Å². The van der Waals surface area contributed by atoms with Gasteiger partial charge in [-0.3, -0.25) is 4.79 Å². The first-order valence-electron chi connectivity index (χ1n) is 7.21. The highest BCUT2D eigenvalue weighted by Gasteiger charge is 2.41. The van der Waals surface area contributed by atoms with Gasteiger partial charge in [0.2, 0.25) is 5.91 Å². The van der Waals surface area contributed by atoms with E-state index in [2.05, 4.69) is 15.9 Å². The van der Waals surface area contributed by atoms with Crippen LogP contribution in [0.4, 0.5) is 0 Å². The van der Waals surface area contributed by atoms with Gasteiger partial charge in [0.05, 0.1) is 19.3 Å². The minimum Gasteiger partial charge on any atom is -0.377 e. The van der Waals surface area contributed by atoms with Gasteiger partial charge in [-0.2, -0.15) is 0 Å². The molecule has 0 aromatic carbocycles. The molecule has 1 amide bonds. The highest BCUT2D eigenvalue weighted by Crippen LogP contribution is 2.49. The number of hydrogen-bond acceptors (Lipinski definition) is 2. The summed E-state index contributed by atoms with van der Waals surface area (Å²) >= 11 is 3.49. The van der Waals surface area contributed by atoms with E-state index in [1.807, 2.05) is 4.90 Å². The van der Waals surface area contributed by atoms with Gasteiger partial charge in [0.25, 0.3) is 0 Å². The van der Waals surface area contributed by atoms with Crippen LogP contribution in [0.5, 0.6) is 0 Å². The lowest BCUT2D eigenvalue weighted by Crippen LogP contribution is -2.50. The zero-order chi connectivity index (χ0) is 12.5. The number of fused-ring (bicyclic) bond motifs is 2. The third-order valence-electron chi connectivity index (χ3n) is 5.05. The molecule has 3 aliphatic rings. The van der Waals surface area contributed by atoms with E-state index in [4.69, 9.17) is 4.74 Å². The summed E-state index contributed by atoms with van der Waals surface area (Å²) in [4.78, 5) is 14.5. The second-order valence-corrected chi connectivity index (χ2v) is 6.76. The highest BCUT2D eigenvalue weighted by molar-refractivity contribution is 9.09. The first kappa shape index (κ1) is 12.9. The molecule has 4 heteroatoms. The van der Waals surface area contributed by atoms with Crippen molar-refractivity contribution in [3.63, 3.8) is 0 Å². The zero-order valence-corrected chi connectivity index (χ0v) is 12.4. The Morgan fingerprint density at radius 2 is 2.22 bits per heavy atom. The maximum atomic E-state index is 12.4. The van der Waals surface area contributed by atoms with Crippen LogP contribution in [0.3, 0.4) is 0 Å². The van der Waals surface area contributed by atoms with Gasteiger partial charge in [-0.1, -0.05) is 22.4 Å². The van der Waals surface area contributed by atoms with Gasteiger partial charge < -0.3 is 9.64 Å². The molecule has 18 heavy (non-hydrogen) atoms. The molecular formula is C14H22BrNO2. The third kappa shape index (κ3) is 2.46. The summed E-state index contributed by atoms with van der Waals surface area (Å²) in [5.74, 6) is 2.82. The number of ether oxygens (including phenoxy) is 1. The van der Waals surface area contributed by atoms with Crippen molar-refractivity contribution in [1.29, 1.82) is 0 Å². The molecule has 0 aromatic heterocycles. The van der Waals surface area contributed by atoms with Gasteiger partial charge in [-0.05, 0) is 37.0 Å². The molecule has 2 bridgehead atoms. The Balaban J connectivity index is 1.57. The molecule has 0 spiro atoms. The lowest BCUT2D eigenvalue weighted by molar-refractivity contribution is -0.140. The summed E-state index contributed by atoms with van der Waals surface area (Å²) in [6, 6.07) is 0.241. The molecular weight excluding hydrogens is 294 g/mol. The van der Waals surface area contributed by atoms with E-state index in [1.54, 1.807) is 0 Å². The molecule has 3 nitrogen and oxygen atoms in total. The fourth-order valence-electron chi connectivity index (χ4n) is 4.08. The lowest BCUT2D eigenvalue weighted by Gasteiger charge is -2.36. The van der Waals surface area contributed by atoms with Crippen molar-refractivity contribution in [3.8, 4) is 0 Å². The molecule has 1 heterocycles. The molecule has 0 N–H and O–H groups in total. The molecule has 3 rings (SSSR count). The lowest BCUT2D eigenvalue weighted by atomic mass is 9.86. The number of amides is 1. The average molecular weight is 316 g/mol. The Hall–Kier alpha value is -0.0900. The predicted molar refractivity (Wildman–Crippen MR) is 73.7 cm³/mol. The van der Waals surface area contributed by atoms with Crippen LogP contribution in [0, 0.1) is 17.8 Å². The molecule has 0 radical (unpaired) electrons. The van der Waals surface area contributed by atoms with E-state index >= 15 is 0 Å². The zero-order valence-electron chi connectivity index (χ0n) is 10.8. The van der Waals surface area contributed by atoms with Gasteiger partial charge in [0.15, 0.2) is 0 Å². The summed E-state index contributed by atoms with van der Waals surface area (Å²) in [6.07, 6.45) is 6.26. The number of hydrogen-bond donors (Lipinski definition) is 0. The predicted octanol–water partition coefficient (Wildman–Crippen LogP) is 2.44. The second-order valence-electron chi connectivity index (χ2n) is 6.11. The van der Waals surface area contributed by atoms with E-state index in [-0.39, 0.29) is 6.04 Å². The fraction of sp³-hybridized carbons (Fsp3) is 0.929. The van der Waals surface area contributed by atoms with Crippen LogP contribution in [0.2, 0.25) is 0 Å². The van der Waals surface area contributed by atoms with Gasteiger partial charge in [0.1, 0.15) is 0 Å². The molecule has 4 atom stereocenters. The van der Waals surface area contributed by atoms with Crippen molar-refractivity contribution >= 4 is 21.8 Å². The van der Waals surface area contributed by atoms with E-state index in [1.165, 1.54) is 25.7 Å². The van der Waals surface area contributed by atoms with E-state index in [0.29, 0.717) is 25.0 Å². The minimum atomic E-state index is 0.241. The minimum absolute atomic E-state index is 0.241. The van der Waals surface area contributed by atoms with Crippen molar-refractivity contribution in [3.05, 3.63) is 0 Å². The van der Waals surface area contributed by atoms with Crippen molar-refractivity contribution in [2.24, 2.45) is 17.8 Å². The van der Waals surface area contributed by atoms with Crippen LogP contribution in [-0.4, -0.2) is 41.9 Å². The van der Waals surface area contributed by atoms with Crippen molar-refractivity contribution in [1.82, 2.24) is 4.90 Å². The largest absolute Gasteiger partial charge is 0.377 e. The SMILES string of the molecule is O=C(CC1CC2CCC1C2)N1CCOCC1CBr. The van der Waals surface area contributed by atoms with Crippen LogP contribution < -0.4 is 0 Å². The molecule has 2 aliphatic carbocycles. The summed E-state index contributed by atoms with van der Waals surface area (Å²) in [7, 11) is 0. The Kier molecular flexibility index (Phi) is 3.94. The maximum absolute atomic E-state index is 12.4. The normalized spacial score (nSPS) is 39.3. The number of carbonyl (C=O) groups is 1. The molecule has 0 aromatic rings. The summed E-state index contributed by atoms with van der Waals surface area (Å²) in [5.41, 5.74) is 0. The van der Waals surface area contributed by atoms with Crippen LogP contribution in [-0.2, 0) is 9.53 Å². The van der Waals surface area contributed by atoms with Crippen molar-refractivity contribution < 1.29 is 9.53 Å². The Morgan fingerprint density at radius 1 is 1.33 bits per heavy atom. The van der Waals surface area contributed by atoms with Gasteiger partial charge in [-0.15, -0.1) is 0 Å². The number of carbonyl (C=O) groups excluding carboxylic acids is 1. The van der Waals surface area contributed by atoms with Gasteiger partial charge in [0, 0.05) is 18.3 Å². The maximum Gasteiger partial charge on any atom is 0.223 e. The molecule has 1 aliphatic heterocycles. The van der Waals surface area contributed by atoms with Crippen molar-refractivity contribution in [2.75, 3.05) is 25.1 Å². The second kappa shape index (κ2) is 5.49. The number of alkyl halides is 1. The monoisotopic (exact) mass is 315 g/mol. The van der Waals surface area contributed by atoms with E-state index < -0.39 is 0 Å². The fourth-order valence-corrected chi connectivity index (χ4v) is 4.62. The molecule has 2 saturated carbocycles. The van der Waals surface area contributed by atoms with Crippen LogP contribution in [0.15, 0.2) is 0 Å². The quantitative estimate of drug-likeness (QED) is 0.749. The van der Waals surface area contributed by atoms with Crippen LogP contribution >= 0.6 is 15.9 Å². The summed E-state index contributed by atoms with van der Waals surface area (Å²) in [6.45, 7) is 2.16. The van der Waals surface area contributed by atoms with Gasteiger partial charge in [-0.25, -0.2) is 0 Å². The summed E-state index contributed by atoms with van der Waals surface area (Å²) < 4.78 is 5.45. The van der Waals surface area contributed by atoms with E-state index in [0.717, 1.165) is 30.1 Å². The average Bonchev–Trinajstić information content (AvgIpc) is 3.01. The highest BCUT2D eigenvalue weighted by atomic mass is 79.9. The molecule has 102 valence electrons. The van der Waals surface area contributed by atoms with Crippen LogP contribution in [0.25, 0.3) is 0 Å². The summed E-state index contributed by atoms with van der Waals surface area (Å²) in [5, 5.41) is 0.829. The number of morpholine rings is 1. The first-order chi connectivity index (χ1) is 8.78. The Bertz CT molecular complexity index is 323. The van der Waals surface area contributed by atoms with Gasteiger partial charge >= 0.3 is 0 Å². The standard InChI is InChI=1S/C14H22BrNO2/c15-8-13-9-18-4-3-16(13)14(17)7-12-6-10-1-2-11(12)5-10/h10-13H,1-9H2. The number of nitrogens with zero attached hydrogens (tertiary/aromatic N) is 1. The molecule has 3 fully saturated rings. The smallest absolute Gasteiger partial charge is 0.223 e. The van der Waals surface area contributed by atoms with Crippen molar-refractivity contribution in [2.45, 2.75) is 38.1 Å². The van der Waals surface area contributed by atoms with Crippen LogP contribution in [0.1, 0.15) is 32.1 Å². The molecule has 4 unspecified atom stereocenters. The third-order valence-corrected chi connectivity index (χ3v) is 5.79. The number of halogens is 1. The van der Waals surface area contributed by atoms with E-state index in [9.17, 15) is 4.79 Å². The molecule has 1 saturated heterocycles. The Morgan fingerprint density at radius 3 is 2.89 bits per heavy atom. The first-order valence-corrected chi connectivity index (χ1v) is 8.33. The topological polar surface area (TPSA) is 29.5 Å². The number of rotatable bonds is 3.